The van der Waals surface area contributed by atoms with Gasteiger partial charge in [-0.2, -0.15) is 9.57 Å². The number of anilines is 1. The average molecular weight is 507 g/mol. The molecule has 1 aliphatic carbocycles. The predicted octanol–water partition coefficient (Wildman–Crippen LogP) is 2.88. The Bertz CT molecular complexity index is 1380. The largest absolute Gasteiger partial charge is 0.354 e. The minimum Gasteiger partial charge on any atom is -0.354 e. The molecule has 0 spiro atoms. The number of hydrogen-bond donors (Lipinski definition) is 1. The molecule has 8 nitrogen and oxygen atoms in total. The third-order valence-corrected chi connectivity index (χ3v) is 8.01. The lowest BCUT2D eigenvalue weighted by Crippen LogP contribution is -2.48. The fourth-order valence-corrected chi connectivity index (χ4v) is 5.37. The van der Waals surface area contributed by atoms with Gasteiger partial charge in [0.25, 0.3) is 0 Å². The van der Waals surface area contributed by atoms with Gasteiger partial charge >= 0.3 is 0 Å². The minimum absolute atomic E-state index is 0.231. The summed E-state index contributed by atoms with van der Waals surface area (Å²) in [5.41, 5.74) is 3.32. The van der Waals surface area contributed by atoms with E-state index in [-0.39, 0.29) is 5.82 Å². The van der Waals surface area contributed by atoms with Gasteiger partial charge in [0, 0.05) is 56.3 Å². The lowest BCUT2D eigenvalue weighted by atomic mass is 10.1. The molecule has 10 heteroatoms. The second-order valence-electron chi connectivity index (χ2n) is 9.26. The second-order valence-corrected chi connectivity index (χ2v) is 11.2. The predicted molar refractivity (Wildman–Crippen MR) is 135 cm³/mol. The lowest BCUT2D eigenvalue weighted by molar-refractivity contribution is 0.387. The number of hydrogen-bond acceptors (Lipinski definition) is 7. The third kappa shape index (κ3) is 5.54. The molecular formula is C26H27FN6O2S. The maximum absolute atomic E-state index is 13.2. The van der Waals surface area contributed by atoms with E-state index < -0.39 is 10.0 Å². The van der Waals surface area contributed by atoms with Crippen molar-refractivity contribution in [1.82, 2.24) is 19.6 Å². The van der Waals surface area contributed by atoms with E-state index in [2.05, 4.69) is 16.3 Å². The lowest BCUT2D eigenvalue weighted by Gasteiger charge is -2.34. The highest BCUT2D eigenvalue weighted by Crippen LogP contribution is 2.41. The van der Waals surface area contributed by atoms with Crippen LogP contribution in [0.4, 0.5) is 10.2 Å². The van der Waals surface area contributed by atoms with Crippen LogP contribution in [-0.4, -0.2) is 61.2 Å². The fraction of sp³-hybridized carbons (Fsp3) is 0.346. The Morgan fingerprint density at radius 3 is 2.39 bits per heavy atom. The highest BCUT2D eigenvalue weighted by molar-refractivity contribution is 7.88. The number of halogens is 1. The molecule has 2 fully saturated rings. The van der Waals surface area contributed by atoms with Crippen LogP contribution in [0.1, 0.15) is 29.2 Å². The molecule has 3 aromatic rings. The smallest absolute Gasteiger partial charge is 0.211 e. The monoisotopic (exact) mass is 506 g/mol. The molecule has 0 amide bonds. The van der Waals surface area contributed by atoms with E-state index in [1.54, 1.807) is 12.1 Å². The number of benzene rings is 2. The Morgan fingerprint density at radius 1 is 1.06 bits per heavy atom. The van der Waals surface area contributed by atoms with Gasteiger partial charge in [0.15, 0.2) is 5.82 Å². The van der Waals surface area contributed by atoms with Gasteiger partial charge in [-0.15, -0.1) is 0 Å². The highest BCUT2D eigenvalue weighted by Gasteiger charge is 2.37. The Balaban J connectivity index is 1.34. The van der Waals surface area contributed by atoms with Gasteiger partial charge in [-0.3, -0.25) is 0 Å². The SMILES string of the molecule is CS(=O)(=O)N1CCN(c2cc(CN[C@@H]3C[C@H]3c3ccc(F)cc3)nc(-c3ccc(C#N)cc3)n2)CC1. The van der Waals surface area contributed by atoms with E-state index in [0.717, 1.165) is 29.1 Å². The Morgan fingerprint density at radius 2 is 1.75 bits per heavy atom. The van der Waals surface area contributed by atoms with E-state index >= 15 is 0 Å². The molecule has 2 aliphatic rings. The molecule has 2 heterocycles. The molecule has 1 saturated heterocycles. The maximum Gasteiger partial charge on any atom is 0.211 e. The quantitative estimate of drug-likeness (QED) is 0.526. The Labute approximate surface area is 210 Å². The topological polar surface area (TPSA) is 102 Å². The summed E-state index contributed by atoms with van der Waals surface area (Å²) in [4.78, 5) is 11.6. The summed E-state index contributed by atoms with van der Waals surface area (Å²) < 4.78 is 38.5. The number of nitrogens with one attached hydrogen (secondary N) is 1. The summed E-state index contributed by atoms with van der Waals surface area (Å²) in [6, 6.07) is 18.2. The van der Waals surface area contributed by atoms with Crippen LogP contribution in [0.15, 0.2) is 54.6 Å². The van der Waals surface area contributed by atoms with Gasteiger partial charge in [-0.25, -0.2) is 22.8 Å². The van der Waals surface area contributed by atoms with Gasteiger partial charge in [0.05, 0.1) is 23.6 Å². The van der Waals surface area contributed by atoms with Crippen LogP contribution < -0.4 is 10.2 Å². The molecule has 186 valence electrons. The van der Waals surface area contributed by atoms with Gasteiger partial charge < -0.3 is 10.2 Å². The molecule has 36 heavy (non-hydrogen) atoms. The van der Waals surface area contributed by atoms with Crippen LogP contribution >= 0.6 is 0 Å². The van der Waals surface area contributed by atoms with Crippen LogP contribution in [0.5, 0.6) is 0 Å². The molecule has 1 aliphatic heterocycles. The number of rotatable bonds is 7. The van der Waals surface area contributed by atoms with Crippen LogP contribution in [0.3, 0.4) is 0 Å². The van der Waals surface area contributed by atoms with Crippen molar-refractivity contribution in [3.05, 3.63) is 77.2 Å². The molecule has 2 aromatic carbocycles. The Hall–Kier alpha value is -3.39. The van der Waals surface area contributed by atoms with E-state index in [0.29, 0.717) is 56.1 Å². The average Bonchev–Trinajstić information content (AvgIpc) is 3.67. The van der Waals surface area contributed by atoms with Gasteiger partial charge in [-0.1, -0.05) is 12.1 Å². The van der Waals surface area contributed by atoms with Crippen molar-refractivity contribution in [1.29, 1.82) is 5.26 Å². The van der Waals surface area contributed by atoms with E-state index in [1.165, 1.54) is 22.7 Å². The zero-order chi connectivity index (χ0) is 25.3. The molecule has 1 aromatic heterocycles. The summed E-state index contributed by atoms with van der Waals surface area (Å²) in [5, 5.41) is 12.7. The standard InChI is InChI=1S/C26H27FN6O2S/c1-36(34,35)33-12-10-32(11-13-33)25-14-22(30-26(31-25)20-4-2-18(16-28)3-5-20)17-29-24-15-23(24)19-6-8-21(27)9-7-19/h2-9,14,23-24,29H,10-13,15,17H2,1H3/t23-,24+/m0/s1. The van der Waals surface area contributed by atoms with Crippen molar-refractivity contribution in [3.63, 3.8) is 0 Å². The van der Waals surface area contributed by atoms with E-state index in [4.69, 9.17) is 15.2 Å². The summed E-state index contributed by atoms with van der Waals surface area (Å²) in [6.45, 7) is 2.44. The summed E-state index contributed by atoms with van der Waals surface area (Å²) in [6.07, 6.45) is 2.22. The first-order chi connectivity index (χ1) is 17.3. The van der Waals surface area contributed by atoms with Crippen LogP contribution in [-0.2, 0) is 16.6 Å². The van der Waals surface area contributed by atoms with E-state index in [1.807, 2.05) is 30.3 Å². The highest BCUT2D eigenvalue weighted by atomic mass is 32.2. The van der Waals surface area contributed by atoms with Crippen LogP contribution in [0.2, 0.25) is 0 Å². The molecule has 0 radical (unpaired) electrons. The molecule has 1 N–H and O–H groups in total. The zero-order valence-corrected chi connectivity index (χ0v) is 20.7. The van der Waals surface area contributed by atoms with Crippen molar-refractivity contribution in [3.8, 4) is 17.5 Å². The summed E-state index contributed by atoms with van der Waals surface area (Å²) >= 11 is 0. The molecular weight excluding hydrogens is 479 g/mol. The summed E-state index contributed by atoms with van der Waals surface area (Å²) in [7, 11) is -3.22. The number of nitriles is 1. The fourth-order valence-electron chi connectivity index (χ4n) is 4.54. The molecule has 1 saturated carbocycles. The van der Waals surface area contributed by atoms with Crippen molar-refractivity contribution in [2.24, 2.45) is 0 Å². The number of piperazine rings is 1. The molecule has 0 bridgehead atoms. The van der Waals surface area contributed by atoms with E-state index in [9.17, 15) is 12.8 Å². The number of nitrogens with zero attached hydrogens (tertiary/aromatic N) is 5. The molecule has 5 rings (SSSR count). The first kappa shape index (κ1) is 24.3. The normalized spacial score (nSPS) is 20.2. The minimum atomic E-state index is -3.22. The first-order valence-electron chi connectivity index (χ1n) is 11.9. The van der Waals surface area contributed by atoms with Crippen molar-refractivity contribution in [2.75, 3.05) is 37.3 Å². The molecule has 0 unspecified atom stereocenters. The van der Waals surface area contributed by atoms with Gasteiger partial charge in [-0.05, 0) is 48.4 Å². The van der Waals surface area contributed by atoms with Gasteiger partial charge in [0.2, 0.25) is 10.0 Å². The van der Waals surface area contributed by atoms with Crippen LogP contribution in [0, 0.1) is 17.1 Å². The number of aromatic nitrogens is 2. The van der Waals surface area contributed by atoms with Crippen molar-refractivity contribution >= 4 is 15.8 Å². The van der Waals surface area contributed by atoms with Gasteiger partial charge in [0.1, 0.15) is 11.6 Å². The van der Waals surface area contributed by atoms with Crippen LogP contribution in [0.25, 0.3) is 11.4 Å². The number of sulfonamides is 1. The molecule has 2 atom stereocenters. The Kier molecular flexibility index (Phi) is 6.71. The zero-order valence-electron chi connectivity index (χ0n) is 19.9. The third-order valence-electron chi connectivity index (χ3n) is 6.70. The summed E-state index contributed by atoms with van der Waals surface area (Å²) in [5.74, 6) is 1.43. The first-order valence-corrected chi connectivity index (χ1v) is 13.7. The second kappa shape index (κ2) is 9.93. The van der Waals surface area contributed by atoms with Crippen molar-refractivity contribution < 1.29 is 12.8 Å². The van der Waals surface area contributed by atoms with Crippen molar-refractivity contribution in [2.45, 2.75) is 24.9 Å². The maximum atomic E-state index is 13.2.